The van der Waals surface area contributed by atoms with E-state index in [-0.39, 0.29) is 36.6 Å². The Morgan fingerprint density at radius 1 is 0.848 bits per heavy atom. The van der Waals surface area contributed by atoms with Crippen LogP contribution in [-0.2, 0) is 14.0 Å². The van der Waals surface area contributed by atoms with Gasteiger partial charge in [-0.05, 0) is 114 Å². The first-order valence-electron chi connectivity index (χ1n) is 16.7. The summed E-state index contributed by atoms with van der Waals surface area (Å²) >= 11 is 3.45. The van der Waals surface area contributed by atoms with Crippen molar-refractivity contribution in [3.63, 3.8) is 0 Å². The van der Waals surface area contributed by atoms with E-state index in [0.717, 1.165) is 48.7 Å². The third kappa shape index (κ3) is 8.87. The van der Waals surface area contributed by atoms with Gasteiger partial charge in [-0.2, -0.15) is 0 Å². The highest BCUT2D eigenvalue weighted by molar-refractivity contribution is 9.10. The van der Waals surface area contributed by atoms with Crippen molar-refractivity contribution in [2.45, 2.75) is 116 Å². The van der Waals surface area contributed by atoms with Crippen molar-refractivity contribution in [1.29, 1.82) is 0 Å². The van der Waals surface area contributed by atoms with Gasteiger partial charge in [0.15, 0.2) is 0 Å². The second kappa shape index (κ2) is 15.1. The lowest BCUT2D eigenvalue weighted by molar-refractivity contribution is 0.00578. The minimum atomic E-state index is -0.784. The van der Waals surface area contributed by atoms with E-state index >= 15 is 0 Å². The number of hydrogen-bond donors (Lipinski definition) is 1. The Bertz CT molecular complexity index is 1290. The van der Waals surface area contributed by atoms with Crippen LogP contribution in [0, 0.1) is 5.92 Å². The summed E-state index contributed by atoms with van der Waals surface area (Å²) in [6.07, 6.45) is 2.71. The van der Waals surface area contributed by atoms with Crippen LogP contribution >= 0.6 is 15.9 Å². The number of carbonyl (C=O) groups is 2. The molecule has 5 rings (SSSR count). The Morgan fingerprint density at radius 3 is 1.85 bits per heavy atom. The number of ether oxygens (including phenoxy) is 1. The molecule has 0 bridgehead atoms. The molecule has 8 nitrogen and oxygen atoms in total. The van der Waals surface area contributed by atoms with Gasteiger partial charge in [0.25, 0.3) is 0 Å². The first-order valence-corrected chi connectivity index (χ1v) is 17.5. The highest BCUT2D eigenvalue weighted by Crippen LogP contribution is 2.37. The standard InChI is InChI=1S/C21H32BNO4.C15H20BrNO2/c1-15(2)25-19(24)23-13-11-17(12-14-23)16-7-9-18(10-8-16)22-26-20(3,4)21(5,6)27-22;1-10(2)14-9-12(7-8-17(14)15(18)19)11-3-5-13(16)6-4-11/h7-10,15,17H,11-14H2,1-6H3;3-6,10,12,14H,7-9H2,1-2H3,(H,18,19). The number of carbonyl (C=O) groups excluding carboxylic acids is 1. The summed E-state index contributed by atoms with van der Waals surface area (Å²) in [5.41, 5.74) is 3.03. The number of amides is 2. The fourth-order valence-electron chi connectivity index (χ4n) is 6.48. The largest absolute Gasteiger partial charge is 0.494 e. The molecule has 0 aromatic heterocycles. The van der Waals surface area contributed by atoms with Gasteiger partial charge in [-0.25, -0.2) is 9.59 Å². The fraction of sp³-hybridized carbons (Fsp3) is 0.611. The molecule has 46 heavy (non-hydrogen) atoms. The lowest BCUT2D eigenvalue weighted by Gasteiger charge is -2.40. The summed E-state index contributed by atoms with van der Waals surface area (Å²) in [6.45, 7) is 18.4. The van der Waals surface area contributed by atoms with Gasteiger partial charge in [-0.3, -0.25) is 0 Å². The Hall–Kier alpha value is -2.56. The highest BCUT2D eigenvalue weighted by Gasteiger charge is 2.51. The predicted molar refractivity (Wildman–Crippen MR) is 187 cm³/mol. The average Bonchev–Trinajstić information content (AvgIpc) is 3.23. The van der Waals surface area contributed by atoms with E-state index < -0.39 is 6.09 Å². The molecular formula is C36H52BBrN2O6. The summed E-state index contributed by atoms with van der Waals surface area (Å²) in [4.78, 5) is 26.7. The Labute approximate surface area is 284 Å². The molecule has 2 aromatic rings. The quantitative estimate of drug-likeness (QED) is 0.318. The van der Waals surface area contributed by atoms with E-state index in [9.17, 15) is 14.7 Å². The van der Waals surface area contributed by atoms with Gasteiger partial charge in [-0.15, -0.1) is 0 Å². The fourth-order valence-corrected chi connectivity index (χ4v) is 6.74. The van der Waals surface area contributed by atoms with Gasteiger partial charge < -0.3 is 29.0 Å². The molecule has 0 radical (unpaired) electrons. The van der Waals surface area contributed by atoms with Crippen molar-refractivity contribution >= 4 is 40.7 Å². The smallest absolute Gasteiger partial charge is 0.465 e. The second-order valence-corrected chi connectivity index (χ2v) is 15.4. The lowest BCUT2D eigenvalue weighted by atomic mass is 9.77. The third-order valence-electron chi connectivity index (χ3n) is 10.0. The number of hydrogen-bond acceptors (Lipinski definition) is 5. The number of benzene rings is 2. The molecule has 10 heteroatoms. The van der Waals surface area contributed by atoms with Crippen LogP contribution < -0.4 is 5.46 Å². The van der Waals surface area contributed by atoms with Crippen LogP contribution in [0.5, 0.6) is 0 Å². The van der Waals surface area contributed by atoms with Gasteiger partial charge in [0, 0.05) is 30.1 Å². The number of nitrogens with zero attached hydrogens (tertiary/aromatic N) is 2. The predicted octanol–water partition coefficient (Wildman–Crippen LogP) is 8.04. The summed E-state index contributed by atoms with van der Waals surface area (Å²) in [6, 6.07) is 17.1. The molecule has 2 amide bonds. The molecule has 252 valence electrons. The molecule has 2 atom stereocenters. The number of carboxylic acid groups (broad SMARTS) is 1. The minimum Gasteiger partial charge on any atom is -0.465 e. The van der Waals surface area contributed by atoms with Crippen molar-refractivity contribution in [1.82, 2.24) is 9.80 Å². The summed E-state index contributed by atoms with van der Waals surface area (Å²) in [5, 5.41) is 9.27. The maximum absolute atomic E-state index is 12.0. The monoisotopic (exact) mass is 698 g/mol. The van der Waals surface area contributed by atoms with Crippen molar-refractivity contribution < 1.29 is 28.7 Å². The van der Waals surface area contributed by atoms with Crippen LogP contribution in [0.1, 0.15) is 104 Å². The maximum atomic E-state index is 12.0. The summed E-state index contributed by atoms with van der Waals surface area (Å²) < 4.78 is 18.6. The van der Waals surface area contributed by atoms with Gasteiger partial charge in [0.05, 0.1) is 17.3 Å². The minimum absolute atomic E-state index is 0.0715. The number of piperidine rings is 2. The van der Waals surface area contributed by atoms with Gasteiger partial charge in [0.1, 0.15) is 0 Å². The number of likely N-dealkylation sites (tertiary alicyclic amines) is 2. The second-order valence-electron chi connectivity index (χ2n) is 14.5. The average molecular weight is 700 g/mol. The van der Waals surface area contributed by atoms with E-state index in [0.29, 0.717) is 24.3 Å². The van der Waals surface area contributed by atoms with Gasteiger partial charge >= 0.3 is 19.3 Å². The third-order valence-corrected chi connectivity index (χ3v) is 10.6. The van der Waals surface area contributed by atoms with Crippen LogP contribution in [-0.4, -0.2) is 77.2 Å². The summed E-state index contributed by atoms with van der Waals surface area (Å²) in [5.74, 6) is 1.30. The molecule has 0 aliphatic carbocycles. The molecular weight excluding hydrogens is 647 g/mol. The molecule has 3 aliphatic rings. The normalized spacial score (nSPS) is 22.9. The van der Waals surface area contributed by atoms with Crippen LogP contribution in [0.4, 0.5) is 9.59 Å². The van der Waals surface area contributed by atoms with Crippen molar-refractivity contribution in [2.24, 2.45) is 5.92 Å². The Kier molecular flexibility index (Phi) is 11.9. The molecule has 2 aromatic carbocycles. The first kappa shape index (κ1) is 36.3. The van der Waals surface area contributed by atoms with E-state index in [2.05, 4.69) is 106 Å². The van der Waals surface area contributed by atoms with E-state index in [4.69, 9.17) is 14.0 Å². The number of rotatable bonds is 5. The van der Waals surface area contributed by atoms with Crippen LogP contribution in [0.3, 0.4) is 0 Å². The lowest BCUT2D eigenvalue weighted by Crippen LogP contribution is -2.47. The Balaban J connectivity index is 0.000000222. The van der Waals surface area contributed by atoms with Gasteiger partial charge in [0.2, 0.25) is 0 Å². The topological polar surface area (TPSA) is 88.5 Å². The first-order chi connectivity index (χ1) is 21.6. The molecule has 0 saturated carbocycles. The molecule has 0 spiro atoms. The van der Waals surface area contributed by atoms with Crippen LogP contribution in [0.25, 0.3) is 0 Å². The molecule has 2 unspecified atom stereocenters. The van der Waals surface area contributed by atoms with Gasteiger partial charge in [-0.1, -0.05) is 66.2 Å². The molecule has 3 fully saturated rings. The van der Waals surface area contributed by atoms with Crippen molar-refractivity contribution in [3.05, 3.63) is 64.1 Å². The van der Waals surface area contributed by atoms with Crippen molar-refractivity contribution in [2.75, 3.05) is 19.6 Å². The summed E-state index contributed by atoms with van der Waals surface area (Å²) in [7, 11) is -0.322. The zero-order valence-corrected chi connectivity index (χ0v) is 30.4. The molecule has 1 N–H and O–H groups in total. The zero-order chi connectivity index (χ0) is 33.8. The molecule has 3 heterocycles. The SMILES string of the molecule is CC(C)C1CC(c2ccc(Br)cc2)CCN1C(=O)O.CC(C)OC(=O)N1CCC(c2ccc(B3OC(C)(C)C(C)(C)O3)cc2)CC1. The van der Waals surface area contributed by atoms with E-state index in [1.165, 1.54) is 11.1 Å². The van der Waals surface area contributed by atoms with Crippen LogP contribution in [0.15, 0.2) is 53.0 Å². The van der Waals surface area contributed by atoms with E-state index in [1.807, 2.05) is 18.7 Å². The highest BCUT2D eigenvalue weighted by atomic mass is 79.9. The maximum Gasteiger partial charge on any atom is 0.494 e. The number of halogens is 1. The molecule has 3 saturated heterocycles. The molecule has 3 aliphatic heterocycles. The van der Waals surface area contributed by atoms with Crippen molar-refractivity contribution in [3.8, 4) is 0 Å². The van der Waals surface area contributed by atoms with E-state index in [1.54, 1.807) is 4.90 Å². The Morgan fingerprint density at radius 2 is 1.35 bits per heavy atom. The zero-order valence-electron chi connectivity index (χ0n) is 28.8. The van der Waals surface area contributed by atoms with Crippen LogP contribution in [0.2, 0.25) is 0 Å².